The van der Waals surface area contributed by atoms with Crippen molar-refractivity contribution < 1.29 is 14.3 Å². The van der Waals surface area contributed by atoms with Crippen molar-refractivity contribution in [3.63, 3.8) is 0 Å². The summed E-state index contributed by atoms with van der Waals surface area (Å²) in [4.78, 5) is 15.6. The third-order valence-electron chi connectivity index (χ3n) is 2.22. The van der Waals surface area contributed by atoms with Crippen LogP contribution in [0.4, 0.5) is 10.1 Å². The number of phenols is 1. The Balaban J connectivity index is 2.25. The van der Waals surface area contributed by atoms with Gasteiger partial charge in [0.1, 0.15) is 11.6 Å². The molecule has 2 N–H and O–H groups in total. The Morgan fingerprint density at radius 2 is 2.17 bits per heavy atom. The van der Waals surface area contributed by atoms with E-state index in [1.54, 1.807) is 0 Å². The lowest BCUT2D eigenvalue weighted by Gasteiger charge is -2.07. The van der Waals surface area contributed by atoms with E-state index in [0.29, 0.717) is 10.7 Å². The van der Waals surface area contributed by atoms with Crippen molar-refractivity contribution in [2.24, 2.45) is 0 Å². The van der Waals surface area contributed by atoms with Crippen molar-refractivity contribution in [2.75, 3.05) is 5.32 Å². The number of hydrogen-bond donors (Lipinski definition) is 2. The lowest BCUT2D eigenvalue weighted by molar-refractivity contribution is 0.102. The van der Waals surface area contributed by atoms with Crippen molar-refractivity contribution >= 4 is 23.2 Å². The number of nitrogens with zero attached hydrogens (tertiary/aromatic N) is 1. The second kappa shape index (κ2) is 5.01. The number of hydrogen-bond acceptors (Lipinski definition) is 3. The van der Waals surface area contributed by atoms with Gasteiger partial charge in [-0.2, -0.15) is 0 Å². The maximum absolute atomic E-state index is 12.8. The third-order valence-corrected chi connectivity index (χ3v) is 2.55. The molecule has 0 fully saturated rings. The fraction of sp³-hybridized carbons (Fsp3) is 0. The minimum Gasteiger partial charge on any atom is -0.507 e. The number of halogens is 2. The molecule has 92 valence electrons. The molecule has 0 unspecified atom stereocenters. The number of aromatic hydroxyl groups is 1. The van der Waals surface area contributed by atoms with E-state index < -0.39 is 17.5 Å². The van der Waals surface area contributed by atoms with Gasteiger partial charge in [-0.15, -0.1) is 0 Å². The summed E-state index contributed by atoms with van der Waals surface area (Å²) in [6.45, 7) is 0. The smallest absolute Gasteiger partial charge is 0.259 e. The van der Waals surface area contributed by atoms with Crippen molar-refractivity contribution in [1.82, 2.24) is 4.98 Å². The second-order valence-electron chi connectivity index (χ2n) is 3.47. The second-order valence-corrected chi connectivity index (χ2v) is 3.88. The number of rotatable bonds is 2. The Morgan fingerprint density at radius 1 is 1.39 bits per heavy atom. The van der Waals surface area contributed by atoms with Gasteiger partial charge in [0.05, 0.1) is 22.5 Å². The van der Waals surface area contributed by atoms with Gasteiger partial charge in [-0.1, -0.05) is 11.6 Å². The average molecular weight is 267 g/mol. The van der Waals surface area contributed by atoms with Gasteiger partial charge in [0.2, 0.25) is 0 Å². The van der Waals surface area contributed by atoms with Gasteiger partial charge < -0.3 is 10.4 Å². The zero-order valence-corrected chi connectivity index (χ0v) is 9.78. The molecule has 2 aromatic rings. The van der Waals surface area contributed by atoms with Crippen LogP contribution in [0.25, 0.3) is 0 Å². The summed E-state index contributed by atoms with van der Waals surface area (Å²) in [6.07, 6.45) is 2.86. The SMILES string of the molecule is O=C(Nc1cnccc1Cl)c1ccc(F)cc1O. The van der Waals surface area contributed by atoms with Crippen molar-refractivity contribution in [3.05, 3.63) is 53.1 Å². The Morgan fingerprint density at radius 3 is 2.83 bits per heavy atom. The monoisotopic (exact) mass is 266 g/mol. The van der Waals surface area contributed by atoms with E-state index in [4.69, 9.17) is 11.6 Å². The molecule has 0 radical (unpaired) electrons. The van der Waals surface area contributed by atoms with Crippen LogP contribution in [0, 0.1) is 5.82 Å². The first-order valence-electron chi connectivity index (χ1n) is 4.97. The Kier molecular flexibility index (Phi) is 3.43. The molecule has 0 atom stereocenters. The molecular weight excluding hydrogens is 259 g/mol. The van der Waals surface area contributed by atoms with Gasteiger partial charge >= 0.3 is 0 Å². The Labute approximate surface area is 107 Å². The number of benzene rings is 1. The predicted octanol–water partition coefficient (Wildman–Crippen LogP) is 2.83. The molecule has 18 heavy (non-hydrogen) atoms. The van der Waals surface area contributed by atoms with Gasteiger partial charge in [-0.05, 0) is 18.2 Å². The largest absolute Gasteiger partial charge is 0.507 e. The Hall–Kier alpha value is -2.14. The van der Waals surface area contributed by atoms with Gasteiger partial charge in [0, 0.05) is 12.3 Å². The topological polar surface area (TPSA) is 62.2 Å². The van der Waals surface area contributed by atoms with Crippen molar-refractivity contribution in [2.45, 2.75) is 0 Å². The minimum atomic E-state index is -0.622. The van der Waals surface area contributed by atoms with E-state index >= 15 is 0 Å². The minimum absolute atomic E-state index is 0.0451. The molecule has 0 spiro atoms. The summed E-state index contributed by atoms with van der Waals surface area (Å²) >= 11 is 5.84. The van der Waals surface area contributed by atoms with E-state index in [-0.39, 0.29) is 5.56 Å². The first kappa shape index (κ1) is 12.3. The standard InChI is InChI=1S/C12H8ClFN2O2/c13-9-3-4-15-6-10(9)16-12(18)8-2-1-7(14)5-11(8)17/h1-6,17H,(H,16,18). The molecule has 4 nitrogen and oxygen atoms in total. The van der Waals surface area contributed by atoms with Crippen molar-refractivity contribution in [3.8, 4) is 5.75 Å². The van der Waals surface area contributed by atoms with Crippen LogP contribution < -0.4 is 5.32 Å². The van der Waals surface area contributed by atoms with Crippen LogP contribution in [0.1, 0.15) is 10.4 Å². The summed E-state index contributed by atoms with van der Waals surface area (Å²) < 4.78 is 12.8. The highest BCUT2D eigenvalue weighted by molar-refractivity contribution is 6.33. The molecule has 2 rings (SSSR count). The molecule has 0 saturated heterocycles. The van der Waals surface area contributed by atoms with Crippen molar-refractivity contribution in [1.29, 1.82) is 0 Å². The highest BCUT2D eigenvalue weighted by atomic mass is 35.5. The first-order valence-corrected chi connectivity index (χ1v) is 5.35. The van der Waals surface area contributed by atoms with Crippen LogP contribution in [0.15, 0.2) is 36.7 Å². The van der Waals surface area contributed by atoms with E-state index in [1.165, 1.54) is 24.5 Å². The summed E-state index contributed by atoms with van der Waals surface area (Å²) in [5, 5.41) is 12.2. The molecule has 0 aliphatic rings. The number of pyridine rings is 1. The summed E-state index contributed by atoms with van der Waals surface area (Å²) in [5.74, 6) is -1.65. The predicted molar refractivity (Wildman–Crippen MR) is 65.3 cm³/mol. The normalized spacial score (nSPS) is 10.1. The van der Waals surface area contributed by atoms with Crippen LogP contribution in [0.2, 0.25) is 5.02 Å². The Bertz CT molecular complexity index is 604. The van der Waals surface area contributed by atoms with E-state index in [1.807, 2.05) is 0 Å². The van der Waals surface area contributed by atoms with Crippen LogP contribution in [-0.2, 0) is 0 Å². The molecule has 0 saturated carbocycles. The average Bonchev–Trinajstić information content (AvgIpc) is 2.32. The molecule has 1 heterocycles. The zero-order chi connectivity index (χ0) is 13.1. The van der Waals surface area contributed by atoms with Crippen LogP contribution >= 0.6 is 11.6 Å². The number of amides is 1. The van der Waals surface area contributed by atoms with E-state index in [9.17, 15) is 14.3 Å². The highest BCUT2D eigenvalue weighted by Gasteiger charge is 2.13. The van der Waals surface area contributed by atoms with Gasteiger partial charge in [0.25, 0.3) is 5.91 Å². The molecule has 0 aliphatic carbocycles. The lowest BCUT2D eigenvalue weighted by atomic mass is 10.2. The molecule has 1 aromatic carbocycles. The number of carbonyl (C=O) groups is 1. The fourth-order valence-electron chi connectivity index (χ4n) is 1.36. The van der Waals surface area contributed by atoms with Gasteiger partial charge in [-0.3, -0.25) is 9.78 Å². The van der Waals surface area contributed by atoms with Crippen LogP contribution in [0.5, 0.6) is 5.75 Å². The lowest BCUT2D eigenvalue weighted by Crippen LogP contribution is -2.12. The molecule has 1 amide bonds. The maximum atomic E-state index is 12.8. The van der Waals surface area contributed by atoms with E-state index in [0.717, 1.165) is 12.1 Å². The van der Waals surface area contributed by atoms with E-state index in [2.05, 4.69) is 10.3 Å². The zero-order valence-electron chi connectivity index (χ0n) is 9.02. The van der Waals surface area contributed by atoms with Crippen LogP contribution in [0.3, 0.4) is 0 Å². The first-order chi connectivity index (χ1) is 8.58. The van der Waals surface area contributed by atoms with Crippen LogP contribution in [-0.4, -0.2) is 16.0 Å². The number of aromatic nitrogens is 1. The summed E-state index contributed by atoms with van der Waals surface area (Å²) in [7, 11) is 0. The summed E-state index contributed by atoms with van der Waals surface area (Å²) in [6, 6.07) is 4.64. The molecule has 1 aromatic heterocycles. The number of nitrogens with one attached hydrogen (secondary N) is 1. The quantitative estimate of drug-likeness (QED) is 0.879. The third kappa shape index (κ3) is 2.57. The molecule has 6 heteroatoms. The molecular formula is C12H8ClFN2O2. The number of anilines is 1. The van der Waals surface area contributed by atoms with Gasteiger partial charge in [0.15, 0.2) is 0 Å². The summed E-state index contributed by atoms with van der Waals surface area (Å²) in [5.41, 5.74) is 0.268. The maximum Gasteiger partial charge on any atom is 0.259 e. The number of phenolic OH excluding ortho intramolecular Hbond substituents is 1. The fourth-order valence-corrected chi connectivity index (χ4v) is 1.51. The number of carbonyl (C=O) groups excluding carboxylic acids is 1. The molecule has 0 aliphatic heterocycles. The molecule has 0 bridgehead atoms. The highest BCUT2D eigenvalue weighted by Crippen LogP contribution is 2.23. The van der Waals surface area contributed by atoms with Gasteiger partial charge in [-0.25, -0.2) is 4.39 Å².